The van der Waals surface area contributed by atoms with Gasteiger partial charge in [-0.1, -0.05) is 41.3 Å². The fraction of sp³-hybridized carbons (Fsp3) is 0.500. The first-order valence-corrected chi connectivity index (χ1v) is 8.08. The van der Waals surface area contributed by atoms with Gasteiger partial charge in [-0.15, -0.1) is 0 Å². The van der Waals surface area contributed by atoms with Crippen LogP contribution in [0.3, 0.4) is 0 Å². The van der Waals surface area contributed by atoms with Crippen LogP contribution in [0.5, 0.6) is 0 Å². The zero-order valence-electron chi connectivity index (χ0n) is 12.1. The third-order valence-electron chi connectivity index (χ3n) is 4.09. The van der Waals surface area contributed by atoms with Gasteiger partial charge in [-0.05, 0) is 37.5 Å². The average Bonchev–Trinajstić information content (AvgIpc) is 2.67. The Morgan fingerprint density at radius 3 is 2.67 bits per heavy atom. The van der Waals surface area contributed by atoms with Crippen LogP contribution in [0.25, 0.3) is 0 Å². The molecule has 2 rings (SSSR count). The van der Waals surface area contributed by atoms with Crippen molar-refractivity contribution >= 4 is 27.8 Å². The van der Waals surface area contributed by atoms with Crippen LogP contribution in [-0.4, -0.2) is 23.0 Å². The second-order valence-corrected chi connectivity index (χ2v) is 6.54. The fourth-order valence-electron chi connectivity index (χ4n) is 2.86. The molecular formula is C16H20BrNO3. The minimum absolute atomic E-state index is 0.188. The molecule has 0 heterocycles. The van der Waals surface area contributed by atoms with Crippen molar-refractivity contribution in [1.82, 2.24) is 5.32 Å². The number of aliphatic carboxylic acids is 1. The highest BCUT2D eigenvalue weighted by molar-refractivity contribution is 9.10. The SMILES string of the molecule is Cc1ccc(Br)cc1C(=O)N[C@H]1CCCCC[C@H]1C(=O)O. The fourth-order valence-corrected chi connectivity index (χ4v) is 3.22. The van der Waals surface area contributed by atoms with E-state index in [1.54, 1.807) is 6.07 Å². The highest BCUT2D eigenvalue weighted by Gasteiger charge is 2.31. The van der Waals surface area contributed by atoms with Gasteiger partial charge in [0.1, 0.15) is 0 Å². The molecule has 1 saturated carbocycles. The van der Waals surface area contributed by atoms with E-state index >= 15 is 0 Å². The first-order valence-electron chi connectivity index (χ1n) is 7.29. The summed E-state index contributed by atoms with van der Waals surface area (Å²) in [6.45, 7) is 1.88. The molecule has 0 bridgehead atoms. The molecule has 1 fully saturated rings. The molecule has 2 N–H and O–H groups in total. The van der Waals surface area contributed by atoms with E-state index in [1.165, 1.54) is 0 Å². The molecule has 0 aliphatic heterocycles. The smallest absolute Gasteiger partial charge is 0.308 e. The minimum Gasteiger partial charge on any atom is -0.481 e. The molecule has 5 heteroatoms. The number of nitrogens with one attached hydrogen (secondary N) is 1. The van der Waals surface area contributed by atoms with E-state index in [0.717, 1.165) is 35.7 Å². The summed E-state index contributed by atoms with van der Waals surface area (Å²) in [5.74, 6) is -1.48. The van der Waals surface area contributed by atoms with E-state index in [0.29, 0.717) is 12.0 Å². The van der Waals surface area contributed by atoms with Gasteiger partial charge in [-0.2, -0.15) is 0 Å². The van der Waals surface area contributed by atoms with Crippen molar-refractivity contribution in [3.63, 3.8) is 0 Å². The number of benzene rings is 1. The summed E-state index contributed by atoms with van der Waals surface area (Å²) in [5.41, 5.74) is 1.48. The van der Waals surface area contributed by atoms with E-state index < -0.39 is 11.9 Å². The number of carboxylic acids is 1. The maximum atomic E-state index is 12.4. The Labute approximate surface area is 133 Å². The van der Waals surface area contributed by atoms with Crippen molar-refractivity contribution in [3.05, 3.63) is 33.8 Å². The summed E-state index contributed by atoms with van der Waals surface area (Å²) in [6, 6.07) is 5.26. The lowest BCUT2D eigenvalue weighted by molar-refractivity contribution is -0.142. The highest BCUT2D eigenvalue weighted by atomic mass is 79.9. The quantitative estimate of drug-likeness (QED) is 0.817. The van der Waals surface area contributed by atoms with Crippen molar-refractivity contribution in [2.75, 3.05) is 0 Å². The minimum atomic E-state index is -0.812. The molecule has 114 valence electrons. The lowest BCUT2D eigenvalue weighted by atomic mass is 9.94. The van der Waals surface area contributed by atoms with Crippen LogP contribution < -0.4 is 5.32 Å². The van der Waals surface area contributed by atoms with E-state index in [9.17, 15) is 14.7 Å². The maximum absolute atomic E-state index is 12.4. The molecular weight excluding hydrogens is 334 g/mol. The normalized spacial score (nSPS) is 22.4. The van der Waals surface area contributed by atoms with Gasteiger partial charge in [0.15, 0.2) is 0 Å². The number of hydrogen-bond donors (Lipinski definition) is 2. The Morgan fingerprint density at radius 1 is 1.24 bits per heavy atom. The van der Waals surface area contributed by atoms with Gasteiger partial charge in [-0.25, -0.2) is 0 Å². The number of rotatable bonds is 3. The summed E-state index contributed by atoms with van der Waals surface area (Å²) >= 11 is 3.36. The molecule has 1 aliphatic rings. The summed E-state index contributed by atoms with van der Waals surface area (Å²) in [5, 5.41) is 12.3. The van der Waals surface area contributed by atoms with Crippen LogP contribution in [0.2, 0.25) is 0 Å². The van der Waals surface area contributed by atoms with Crippen LogP contribution in [0.1, 0.15) is 48.0 Å². The van der Waals surface area contributed by atoms with Crippen molar-refractivity contribution < 1.29 is 14.7 Å². The molecule has 1 aromatic rings. The Bertz CT molecular complexity index is 544. The molecule has 21 heavy (non-hydrogen) atoms. The molecule has 1 aromatic carbocycles. The number of carboxylic acid groups (broad SMARTS) is 1. The molecule has 0 saturated heterocycles. The van der Waals surface area contributed by atoms with E-state index in [2.05, 4.69) is 21.2 Å². The lowest BCUT2D eigenvalue weighted by Gasteiger charge is -2.23. The van der Waals surface area contributed by atoms with Gasteiger partial charge in [0, 0.05) is 16.1 Å². The first-order chi connectivity index (χ1) is 9.99. The monoisotopic (exact) mass is 353 g/mol. The largest absolute Gasteiger partial charge is 0.481 e. The standard InChI is InChI=1S/C16H20BrNO3/c1-10-7-8-11(17)9-13(10)15(19)18-14-6-4-2-3-5-12(14)16(20)21/h7-9,12,14H,2-6H2,1H3,(H,18,19)(H,20,21)/t12-,14+/m1/s1. The Hall–Kier alpha value is -1.36. The van der Waals surface area contributed by atoms with Crippen LogP contribution in [0.15, 0.2) is 22.7 Å². The van der Waals surface area contributed by atoms with Crippen LogP contribution in [0, 0.1) is 12.8 Å². The predicted molar refractivity (Wildman–Crippen MR) is 84.3 cm³/mol. The molecule has 2 atom stereocenters. The topological polar surface area (TPSA) is 66.4 Å². The number of aryl methyl sites for hydroxylation is 1. The summed E-state index contributed by atoms with van der Waals surface area (Å²) in [4.78, 5) is 23.8. The van der Waals surface area contributed by atoms with Gasteiger partial charge in [0.2, 0.25) is 0 Å². The van der Waals surface area contributed by atoms with Gasteiger partial charge in [0.25, 0.3) is 5.91 Å². The Balaban J connectivity index is 2.16. The van der Waals surface area contributed by atoms with E-state index in [1.807, 2.05) is 19.1 Å². The third kappa shape index (κ3) is 4.06. The number of carbonyl (C=O) groups is 2. The van der Waals surface area contributed by atoms with Crippen LogP contribution in [0.4, 0.5) is 0 Å². The van der Waals surface area contributed by atoms with Crippen LogP contribution >= 0.6 is 15.9 Å². The number of carbonyl (C=O) groups excluding carboxylic acids is 1. The number of hydrogen-bond acceptors (Lipinski definition) is 2. The maximum Gasteiger partial charge on any atom is 0.308 e. The van der Waals surface area contributed by atoms with Gasteiger partial charge in [0.05, 0.1) is 5.92 Å². The first kappa shape index (κ1) is 16.0. The Morgan fingerprint density at radius 2 is 1.95 bits per heavy atom. The van der Waals surface area contributed by atoms with E-state index in [4.69, 9.17) is 0 Å². The molecule has 0 unspecified atom stereocenters. The Kier molecular flexibility index (Phi) is 5.39. The van der Waals surface area contributed by atoms with Crippen molar-refractivity contribution in [3.8, 4) is 0 Å². The van der Waals surface area contributed by atoms with Crippen molar-refractivity contribution in [1.29, 1.82) is 0 Å². The zero-order valence-corrected chi connectivity index (χ0v) is 13.6. The molecule has 4 nitrogen and oxygen atoms in total. The van der Waals surface area contributed by atoms with Crippen molar-refractivity contribution in [2.45, 2.75) is 45.1 Å². The van der Waals surface area contributed by atoms with Gasteiger partial charge in [-0.3, -0.25) is 9.59 Å². The molecule has 1 amide bonds. The highest BCUT2D eigenvalue weighted by Crippen LogP contribution is 2.25. The van der Waals surface area contributed by atoms with E-state index in [-0.39, 0.29) is 11.9 Å². The summed E-state index contributed by atoms with van der Waals surface area (Å²) in [6.07, 6.45) is 4.28. The molecule has 0 aromatic heterocycles. The summed E-state index contributed by atoms with van der Waals surface area (Å²) < 4.78 is 0.842. The molecule has 1 aliphatic carbocycles. The molecule has 0 spiro atoms. The average molecular weight is 354 g/mol. The number of halogens is 1. The lowest BCUT2D eigenvalue weighted by Crippen LogP contribution is -2.43. The number of amides is 1. The van der Waals surface area contributed by atoms with Gasteiger partial charge >= 0.3 is 5.97 Å². The van der Waals surface area contributed by atoms with Crippen LogP contribution in [-0.2, 0) is 4.79 Å². The summed E-state index contributed by atoms with van der Waals surface area (Å²) in [7, 11) is 0. The molecule has 0 radical (unpaired) electrons. The van der Waals surface area contributed by atoms with Crippen molar-refractivity contribution in [2.24, 2.45) is 5.92 Å². The predicted octanol–water partition coefficient (Wildman–Crippen LogP) is 3.52. The second-order valence-electron chi connectivity index (χ2n) is 5.62. The second kappa shape index (κ2) is 7.07. The zero-order chi connectivity index (χ0) is 15.4. The van der Waals surface area contributed by atoms with Gasteiger partial charge < -0.3 is 10.4 Å². The third-order valence-corrected chi connectivity index (χ3v) is 4.59.